The number of carbonyl (C=O) groups excluding carboxylic acids is 1. The van der Waals surface area contributed by atoms with Crippen molar-refractivity contribution in [2.75, 3.05) is 6.54 Å². The van der Waals surface area contributed by atoms with Crippen molar-refractivity contribution in [3.05, 3.63) is 29.3 Å². The topological polar surface area (TPSA) is 64.3 Å². The molecule has 0 saturated heterocycles. The summed E-state index contributed by atoms with van der Waals surface area (Å²) in [5, 5.41) is 3.64. The minimum absolute atomic E-state index is 0.127. The van der Waals surface area contributed by atoms with Crippen LogP contribution in [0.3, 0.4) is 0 Å². The molecule has 1 aliphatic rings. The van der Waals surface area contributed by atoms with Crippen molar-refractivity contribution in [3.8, 4) is 5.75 Å². The van der Waals surface area contributed by atoms with Gasteiger partial charge in [-0.15, -0.1) is 0 Å². The third kappa shape index (κ3) is 3.64. The molecule has 20 heavy (non-hydrogen) atoms. The predicted molar refractivity (Wildman–Crippen MR) is 79.9 cm³/mol. The van der Waals surface area contributed by atoms with Crippen molar-refractivity contribution in [1.29, 1.82) is 0 Å². The van der Waals surface area contributed by atoms with Gasteiger partial charge in [0.25, 0.3) is 5.91 Å². The number of benzene rings is 1. The molecule has 1 atom stereocenters. The van der Waals surface area contributed by atoms with E-state index in [4.69, 9.17) is 22.1 Å². The second-order valence-electron chi connectivity index (χ2n) is 5.40. The summed E-state index contributed by atoms with van der Waals surface area (Å²) in [4.78, 5) is 12.2. The fourth-order valence-electron chi connectivity index (χ4n) is 2.59. The van der Waals surface area contributed by atoms with Crippen LogP contribution in [0.25, 0.3) is 0 Å². The zero-order valence-corrected chi connectivity index (χ0v) is 12.5. The van der Waals surface area contributed by atoms with Crippen molar-refractivity contribution < 1.29 is 9.53 Å². The monoisotopic (exact) mass is 296 g/mol. The number of nitrogens with two attached hydrogens (primary N) is 1. The van der Waals surface area contributed by atoms with Crippen LogP contribution < -0.4 is 15.8 Å². The maximum absolute atomic E-state index is 12.2. The van der Waals surface area contributed by atoms with Gasteiger partial charge in [-0.25, -0.2) is 0 Å². The summed E-state index contributed by atoms with van der Waals surface area (Å²) in [6, 6.07) is 7.03. The molecule has 4 nitrogen and oxygen atoms in total. The van der Waals surface area contributed by atoms with E-state index in [1.807, 2.05) is 0 Å². The number of rotatable bonds is 5. The Morgan fingerprint density at radius 1 is 1.50 bits per heavy atom. The summed E-state index contributed by atoms with van der Waals surface area (Å²) in [5.74, 6) is 0.464. The largest absolute Gasteiger partial charge is 0.481 e. The quantitative estimate of drug-likeness (QED) is 0.877. The van der Waals surface area contributed by atoms with Gasteiger partial charge in [0.1, 0.15) is 5.75 Å². The normalized spacial score (nSPS) is 18.6. The first kappa shape index (κ1) is 15.1. The molecule has 0 radical (unpaired) electrons. The molecule has 1 aromatic rings. The molecular weight excluding hydrogens is 276 g/mol. The minimum Gasteiger partial charge on any atom is -0.481 e. The van der Waals surface area contributed by atoms with Crippen molar-refractivity contribution in [1.82, 2.24) is 5.32 Å². The molecule has 1 aliphatic carbocycles. The Labute approximate surface area is 124 Å². The Balaban J connectivity index is 1.95. The summed E-state index contributed by atoms with van der Waals surface area (Å²) in [6.07, 6.45) is 3.54. The maximum Gasteiger partial charge on any atom is 0.261 e. The lowest BCUT2D eigenvalue weighted by atomic mass is 9.97. The summed E-state index contributed by atoms with van der Waals surface area (Å²) >= 11 is 5.89. The van der Waals surface area contributed by atoms with Crippen LogP contribution in [0.5, 0.6) is 5.75 Å². The number of amides is 1. The Kier molecular flexibility index (Phi) is 4.89. The molecular formula is C15H21ClN2O2. The molecule has 0 bridgehead atoms. The average Bonchev–Trinajstić information content (AvgIpc) is 2.88. The third-order valence-electron chi connectivity index (χ3n) is 3.82. The first-order valence-corrected chi connectivity index (χ1v) is 7.37. The molecule has 3 N–H and O–H groups in total. The minimum atomic E-state index is -0.572. The molecule has 1 unspecified atom stereocenters. The SMILES string of the molecule is CC(Oc1cccc(Cl)c1)C(=O)NC1(CN)CCCC1. The molecule has 1 aromatic carbocycles. The van der Waals surface area contributed by atoms with E-state index in [0.29, 0.717) is 17.3 Å². The fourth-order valence-corrected chi connectivity index (χ4v) is 2.77. The molecule has 1 saturated carbocycles. The molecule has 0 spiro atoms. The van der Waals surface area contributed by atoms with Gasteiger partial charge in [-0.05, 0) is 38.0 Å². The average molecular weight is 297 g/mol. The number of hydrogen-bond acceptors (Lipinski definition) is 3. The lowest BCUT2D eigenvalue weighted by Crippen LogP contribution is -2.54. The van der Waals surface area contributed by atoms with Crippen LogP contribution in [0.2, 0.25) is 5.02 Å². The first-order chi connectivity index (χ1) is 9.54. The molecule has 2 rings (SSSR count). The van der Waals surface area contributed by atoms with Crippen LogP contribution >= 0.6 is 11.6 Å². The van der Waals surface area contributed by atoms with E-state index in [2.05, 4.69) is 5.32 Å². The highest BCUT2D eigenvalue weighted by Gasteiger charge is 2.35. The van der Waals surface area contributed by atoms with Crippen LogP contribution in [-0.2, 0) is 4.79 Å². The van der Waals surface area contributed by atoms with E-state index in [1.165, 1.54) is 0 Å². The van der Waals surface area contributed by atoms with Gasteiger partial charge in [-0.2, -0.15) is 0 Å². The van der Waals surface area contributed by atoms with Crippen LogP contribution in [0.4, 0.5) is 0 Å². The maximum atomic E-state index is 12.2. The summed E-state index contributed by atoms with van der Waals surface area (Å²) in [5.41, 5.74) is 5.57. The van der Waals surface area contributed by atoms with E-state index < -0.39 is 6.10 Å². The van der Waals surface area contributed by atoms with Crippen LogP contribution in [0.1, 0.15) is 32.6 Å². The van der Waals surface area contributed by atoms with Crippen LogP contribution in [-0.4, -0.2) is 24.1 Å². The second-order valence-corrected chi connectivity index (χ2v) is 5.83. The second kappa shape index (κ2) is 6.46. The molecule has 5 heteroatoms. The Hall–Kier alpha value is -1.26. The summed E-state index contributed by atoms with van der Waals surface area (Å²) < 4.78 is 5.62. The number of carbonyl (C=O) groups is 1. The van der Waals surface area contributed by atoms with Gasteiger partial charge in [-0.1, -0.05) is 30.5 Å². The van der Waals surface area contributed by atoms with E-state index in [1.54, 1.807) is 31.2 Å². The van der Waals surface area contributed by atoms with Gasteiger partial charge < -0.3 is 15.8 Å². The number of hydrogen-bond donors (Lipinski definition) is 2. The highest BCUT2D eigenvalue weighted by molar-refractivity contribution is 6.30. The standard InChI is InChI=1S/C15H21ClN2O2/c1-11(20-13-6-4-5-12(16)9-13)14(19)18-15(10-17)7-2-3-8-15/h4-6,9,11H,2-3,7-8,10,17H2,1H3,(H,18,19). The molecule has 110 valence electrons. The van der Waals surface area contributed by atoms with Gasteiger partial charge >= 0.3 is 0 Å². The fraction of sp³-hybridized carbons (Fsp3) is 0.533. The van der Waals surface area contributed by atoms with Crippen LogP contribution in [0.15, 0.2) is 24.3 Å². The van der Waals surface area contributed by atoms with Crippen molar-refractivity contribution >= 4 is 17.5 Å². The summed E-state index contributed by atoms with van der Waals surface area (Å²) in [6.45, 7) is 2.21. The van der Waals surface area contributed by atoms with E-state index >= 15 is 0 Å². The van der Waals surface area contributed by atoms with E-state index in [9.17, 15) is 4.79 Å². The Morgan fingerprint density at radius 2 is 2.20 bits per heavy atom. The third-order valence-corrected chi connectivity index (χ3v) is 4.05. The number of nitrogens with one attached hydrogen (secondary N) is 1. The zero-order chi connectivity index (χ0) is 14.6. The highest BCUT2D eigenvalue weighted by Crippen LogP contribution is 2.28. The number of halogens is 1. The van der Waals surface area contributed by atoms with Gasteiger partial charge in [0.05, 0.1) is 5.54 Å². The van der Waals surface area contributed by atoms with Crippen LogP contribution in [0, 0.1) is 0 Å². The zero-order valence-electron chi connectivity index (χ0n) is 11.7. The lowest BCUT2D eigenvalue weighted by Gasteiger charge is -2.30. The Morgan fingerprint density at radius 3 is 2.80 bits per heavy atom. The molecule has 1 amide bonds. The highest BCUT2D eigenvalue weighted by atomic mass is 35.5. The number of ether oxygens (including phenoxy) is 1. The first-order valence-electron chi connectivity index (χ1n) is 6.99. The van der Waals surface area contributed by atoms with Gasteiger partial charge in [-0.3, -0.25) is 4.79 Å². The van der Waals surface area contributed by atoms with Gasteiger partial charge in [0.2, 0.25) is 0 Å². The lowest BCUT2D eigenvalue weighted by molar-refractivity contribution is -0.129. The predicted octanol–water partition coefficient (Wildman–Crippen LogP) is 2.50. The Bertz CT molecular complexity index is 473. The molecule has 0 aromatic heterocycles. The van der Waals surface area contributed by atoms with E-state index in [0.717, 1.165) is 25.7 Å². The van der Waals surface area contributed by atoms with E-state index in [-0.39, 0.29) is 11.4 Å². The van der Waals surface area contributed by atoms with Crippen molar-refractivity contribution in [3.63, 3.8) is 0 Å². The molecule has 0 heterocycles. The molecule has 0 aliphatic heterocycles. The molecule has 1 fully saturated rings. The van der Waals surface area contributed by atoms with Crippen molar-refractivity contribution in [2.24, 2.45) is 5.73 Å². The van der Waals surface area contributed by atoms with Crippen molar-refractivity contribution in [2.45, 2.75) is 44.2 Å². The van der Waals surface area contributed by atoms with Gasteiger partial charge in [0, 0.05) is 11.6 Å². The summed E-state index contributed by atoms with van der Waals surface area (Å²) in [7, 11) is 0. The van der Waals surface area contributed by atoms with Gasteiger partial charge in [0.15, 0.2) is 6.10 Å². The smallest absolute Gasteiger partial charge is 0.261 e.